The van der Waals surface area contributed by atoms with Gasteiger partial charge in [0.1, 0.15) is 0 Å². The molecule has 1 unspecified atom stereocenters. The van der Waals surface area contributed by atoms with E-state index in [1.54, 1.807) is 26.0 Å². The zero-order valence-corrected chi connectivity index (χ0v) is 15.1. The molecule has 0 bridgehead atoms. The fourth-order valence-corrected chi connectivity index (χ4v) is 3.66. The van der Waals surface area contributed by atoms with Gasteiger partial charge in [0.15, 0.2) is 0 Å². The Kier molecular flexibility index (Phi) is 6.30. The predicted octanol–water partition coefficient (Wildman–Crippen LogP) is 2.05. The van der Waals surface area contributed by atoms with E-state index in [9.17, 15) is 13.2 Å². The molecule has 25 heavy (non-hydrogen) atoms. The Morgan fingerprint density at radius 1 is 1.04 bits per heavy atom. The van der Waals surface area contributed by atoms with Gasteiger partial charge in [-0.1, -0.05) is 30.3 Å². The van der Waals surface area contributed by atoms with E-state index < -0.39 is 15.9 Å². The maximum atomic E-state index is 12.4. The lowest BCUT2D eigenvalue weighted by molar-refractivity contribution is -0.117. The van der Waals surface area contributed by atoms with Gasteiger partial charge in [0, 0.05) is 18.3 Å². The van der Waals surface area contributed by atoms with Crippen molar-refractivity contribution in [3.8, 4) is 0 Å². The van der Waals surface area contributed by atoms with Gasteiger partial charge in [0.2, 0.25) is 15.9 Å². The SMILES string of the molecule is CC(C)NS(=O)(=O)c1ccc(NC(=O)C(CN)c2ccccc2)cc1. The molecule has 7 heteroatoms. The topological polar surface area (TPSA) is 101 Å². The predicted molar refractivity (Wildman–Crippen MR) is 98.8 cm³/mol. The third-order valence-corrected chi connectivity index (χ3v) is 5.25. The monoisotopic (exact) mass is 361 g/mol. The van der Waals surface area contributed by atoms with Gasteiger partial charge in [-0.25, -0.2) is 13.1 Å². The molecule has 1 atom stereocenters. The third-order valence-electron chi connectivity index (χ3n) is 3.58. The van der Waals surface area contributed by atoms with Crippen LogP contribution in [0.2, 0.25) is 0 Å². The number of nitrogens with one attached hydrogen (secondary N) is 2. The maximum absolute atomic E-state index is 12.4. The minimum atomic E-state index is -3.55. The van der Waals surface area contributed by atoms with Crippen LogP contribution < -0.4 is 15.8 Å². The van der Waals surface area contributed by atoms with Crippen molar-refractivity contribution in [2.24, 2.45) is 5.73 Å². The first kappa shape index (κ1) is 19.1. The van der Waals surface area contributed by atoms with Crippen LogP contribution >= 0.6 is 0 Å². The van der Waals surface area contributed by atoms with Crippen LogP contribution in [0.1, 0.15) is 25.3 Å². The molecule has 0 aliphatic heterocycles. The quantitative estimate of drug-likeness (QED) is 0.702. The third kappa shape index (κ3) is 5.12. The van der Waals surface area contributed by atoms with E-state index in [1.165, 1.54) is 12.1 Å². The molecule has 0 aliphatic carbocycles. The van der Waals surface area contributed by atoms with Crippen molar-refractivity contribution in [1.82, 2.24) is 4.72 Å². The summed E-state index contributed by atoms with van der Waals surface area (Å²) in [5, 5.41) is 2.78. The van der Waals surface area contributed by atoms with E-state index in [0.29, 0.717) is 5.69 Å². The van der Waals surface area contributed by atoms with Gasteiger partial charge in [-0.15, -0.1) is 0 Å². The molecule has 0 fully saturated rings. The van der Waals surface area contributed by atoms with Crippen LogP contribution in [0.4, 0.5) is 5.69 Å². The van der Waals surface area contributed by atoms with Gasteiger partial charge in [-0.2, -0.15) is 0 Å². The number of benzene rings is 2. The summed E-state index contributed by atoms with van der Waals surface area (Å²) in [5.41, 5.74) is 7.09. The number of anilines is 1. The Labute approximate surface area is 148 Å². The summed E-state index contributed by atoms with van der Waals surface area (Å²) < 4.78 is 26.7. The van der Waals surface area contributed by atoms with Crippen molar-refractivity contribution in [2.45, 2.75) is 30.7 Å². The summed E-state index contributed by atoms with van der Waals surface area (Å²) in [6.07, 6.45) is 0. The highest BCUT2D eigenvalue weighted by atomic mass is 32.2. The fourth-order valence-electron chi connectivity index (χ4n) is 2.40. The lowest BCUT2D eigenvalue weighted by Gasteiger charge is -2.15. The molecule has 2 rings (SSSR count). The summed E-state index contributed by atoms with van der Waals surface area (Å²) in [6.45, 7) is 3.69. The first-order chi connectivity index (χ1) is 11.8. The average Bonchev–Trinajstić information content (AvgIpc) is 2.56. The molecule has 0 aromatic heterocycles. The van der Waals surface area contributed by atoms with Crippen LogP contribution in [-0.2, 0) is 14.8 Å². The van der Waals surface area contributed by atoms with Gasteiger partial charge in [-0.05, 0) is 43.7 Å². The van der Waals surface area contributed by atoms with Crippen LogP contribution in [-0.4, -0.2) is 26.9 Å². The summed E-state index contributed by atoms with van der Waals surface area (Å²) in [7, 11) is -3.55. The van der Waals surface area contributed by atoms with Gasteiger partial charge in [0.05, 0.1) is 10.8 Å². The fraction of sp³-hybridized carbons (Fsp3) is 0.278. The molecule has 0 saturated heterocycles. The Balaban J connectivity index is 2.11. The number of hydrogen-bond donors (Lipinski definition) is 3. The maximum Gasteiger partial charge on any atom is 0.240 e. The summed E-state index contributed by atoms with van der Waals surface area (Å²) in [4.78, 5) is 12.6. The normalized spacial score (nSPS) is 12.8. The standard InChI is InChI=1S/C18H23N3O3S/c1-13(2)21-25(23,24)16-10-8-15(9-11-16)20-18(22)17(12-19)14-6-4-3-5-7-14/h3-11,13,17,21H,12,19H2,1-2H3,(H,20,22). The molecule has 0 radical (unpaired) electrons. The van der Waals surface area contributed by atoms with Crippen LogP contribution in [0.5, 0.6) is 0 Å². The zero-order chi connectivity index (χ0) is 18.4. The van der Waals surface area contributed by atoms with Crippen LogP contribution in [0.25, 0.3) is 0 Å². The second-order valence-electron chi connectivity index (χ2n) is 5.99. The van der Waals surface area contributed by atoms with E-state index >= 15 is 0 Å². The molecule has 0 aliphatic rings. The van der Waals surface area contributed by atoms with Crippen molar-refractivity contribution in [3.63, 3.8) is 0 Å². The minimum absolute atomic E-state index is 0.151. The van der Waals surface area contributed by atoms with E-state index in [4.69, 9.17) is 5.73 Å². The zero-order valence-electron chi connectivity index (χ0n) is 14.3. The van der Waals surface area contributed by atoms with Crippen LogP contribution in [0.3, 0.4) is 0 Å². The van der Waals surface area contributed by atoms with E-state index in [0.717, 1.165) is 5.56 Å². The smallest absolute Gasteiger partial charge is 0.240 e. The summed E-state index contributed by atoms with van der Waals surface area (Å²) >= 11 is 0. The lowest BCUT2D eigenvalue weighted by Crippen LogP contribution is -2.30. The highest BCUT2D eigenvalue weighted by Gasteiger charge is 2.19. The molecule has 1 amide bonds. The Morgan fingerprint density at radius 3 is 2.16 bits per heavy atom. The number of sulfonamides is 1. The lowest BCUT2D eigenvalue weighted by atomic mass is 9.98. The van der Waals surface area contributed by atoms with E-state index in [-0.39, 0.29) is 23.4 Å². The number of rotatable bonds is 7. The van der Waals surface area contributed by atoms with Crippen molar-refractivity contribution in [2.75, 3.05) is 11.9 Å². The summed E-state index contributed by atoms with van der Waals surface area (Å²) in [6, 6.07) is 15.1. The number of nitrogens with two attached hydrogens (primary N) is 1. The van der Waals surface area contributed by atoms with Crippen LogP contribution in [0, 0.1) is 0 Å². The Hall–Kier alpha value is -2.22. The Bertz CT molecular complexity index is 803. The minimum Gasteiger partial charge on any atom is -0.329 e. The molecule has 2 aromatic rings. The molecule has 0 spiro atoms. The number of carbonyl (C=O) groups is 1. The first-order valence-electron chi connectivity index (χ1n) is 8.01. The molecular formula is C18H23N3O3S. The second-order valence-corrected chi connectivity index (χ2v) is 7.70. The van der Waals surface area contributed by atoms with Gasteiger partial charge in [-0.3, -0.25) is 4.79 Å². The number of amides is 1. The van der Waals surface area contributed by atoms with E-state index in [1.807, 2.05) is 30.3 Å². The molecule has 0 heterocycles. The molecular weight excluding hydrogens is 338 g/mol. The highest BCUT2D eigenvalue weighted by molar-refractivity contribution is 7.89. The van der Waals surface area contributed by atoms with Gasteiger partial charge >= 0.3 is 0 Å². The number of hydrogen-bond acceptors (Lipinski definition) is 4. The van der Waals surface area contributed by atoms with Crippen molar-refractivity contribution >= 4 is 21.6 Å². The molecule has 134 valence electrons. The van der Waals surface area contributed by atoms with Gasteiger partial charge < -0.3 is 11.1 Å². The van der Waals surface area contributed by atoms with Gasteiger partial charge in [0.25, 0.3) is 0 Å². The molecule has 0 saturated carbocycles. The number of carbonyl (C=O) groups excluding carboxylic acids is 1. The first-order valence-corrected chi connectivity index (χ1v) is 9.50. The molecule has 4 N–H and O–H groups in total. The van der Waals surface area contributed by atoms with E-state index in [2.05, 4.69) is 10.0 Å². The Morgan fingerprint density at radius 2 is 1.64 bits per heavy atom. The summed E-state index contributed by atoms with van der Waals surface area (Å²) in [5.74, 6) is -0.697. The van der Waals surface area contributed by atoms with Crippen molar-refractivity contribution < 1.29 is 13.2 Å². The van der Waals surface area contributed by atoms with Crippen LogP contribution in [0.15, 0.2) is 59.5 Å². The average molecular weight is 361 g/mol. The molecule has 6 nitrogen and oxygen atoms in total. The molecule has 2 aromatic carbocycles. The highest BCUT2D eigenvalue weighted by Crippen LogP contribution is 2.19. The van der Waals surface area contributed by atoms with Crippen molar-refractivity contribution in [1.29, 1.82) is 0 Å². The largest absolute Gasteiger partial charge is 0.329 e. The van der Waals surface area contributed by atoms with Crippen molar-refractivity contribution in [3.05, 3.63) is 60.2 Å². The second kappa shape index (κ2) is 8.24.